The second-order valence-corrected chi connectivity index (χ2v) is 16.7. The van der Waals surface area contributed by atoms with Crippen LogP contribution in [0.4, 0.5) is 0 Å². The topological polar surface area (TPSA) is 35.2 Å². The van der Waals surface area contributed by atoms with Crippen molar-refractivity contribution in [3.05, 3.63) is 123 Å². The predicted molar refractivity (Wildman–Crippen MR) is 194 cm³/mol. The summed E-state index contributed by atoms with van der Waals surface area (Å²) in [6.07, 6.45) is 42.2. The van der Waals surface area contributed by atoms with Gasteiger partial charge in [-0.2, -0.15) is 0 Å². The second kappa shape index (κ2) is 11.0. The Kier molecular flexibility index (Phi) is 6.39. The van der Waals surface area contributed by atoms with Gasteiger partial charge in [0.1, 0.15) is 47.5 Å². The van der Waals surface area contributed by atoms with Crippen molar-refractivity contribution >= 4 is 12.8 Å². The molecule has 0 N–H and O–H groups in total. The van der Waals surface area contributed by atoms with E-state index >= 15 is 0 Å². The smallest absolute Gasteiger partial charge is 0.386 e. The highest BCUT2D eigenvalue weighted by Crippen LogP contribution is 2.51. The van der Waals surface area contributed by atoms with Gasteiger partial charge in [-0.15, -0.1) is 0 Å². The number of benzene rings is 2. The van der Waals surface area contributed by atoms with Gasteiger partial charge >= 0.3 is 12.8 Å². The van der Waals surface area contributed by atoms with E-state index in [4.69, 9.17) is 0 Å². The largest absolute Gasteiger partial charge is 0.393 e. The average Bonchev–Trinajstić information content (AvgIpc) is 3.98. The second-order valence-electron chi connectivity index (χ2n) is 16.7. The number of imidazole rings is 4. The van der Waals surface area contributed by atoms with Crippen LogP contribution in [0.25, 0.3) is 22.7 Å². The van der Waals surface area contributed by atoms with Crippen LogP contribution in [0.15, 0.2) is 123 Å². The lowest BCUT2D eigenvalue weighted by Crippen LogP contribution is -2.86. The van der Waals surface area contributed by atoms with Gasteiger partial charge in [-0.1, -0.05) is 112 Å². The number of hydrogen-bond acceptors (Lipinski definition) is 0. The summed E-state index contributed by atoms with van der Waals surface area (Å²) in [7, 11) is 0. The number of nitrogens with zero attached hydrogens (tertiary/aromatic N) is 8. The van der Waals surface area contributed by atoms with Crippen molar-refractivity contribution < 1.29 is 17.9 Å². The number of aromatic nitrogens is 8. The normalized spacial score (nSPS) is 29.6. The molecule has 16 bridgehead atoms. The predicted octanol–water partition coefficient (Wildman–Crippen LogP) is 6.21. The Labute approximate surface area is 294 Å². The molecule has 252 valence electrons. The minimum Gasteiger partial charge on any atom is -0.393 e. The van der Waals surface area contributed by atoms with Gasteiger partial charge in [-0.25, -0.2) is 18.3 Å². The van der Waals surface area contributed by atoms with Crippen molar-refractivity contribution in [2.45, 2.75) is 100 Å². The van der Waals surface area contributed by atoms with E-state index < -0.39 is 12.8 Å². The van der Waals surface area contributed by atoms with Crippen LogP contribution in [0.5, 0.6) is 0 Å². The summed E-state index contributed by atoms with van der Waals surface area (Å²) in [5, 5.41) is 0. The molecular weight excluding hydrogens is 614 g/mol. The van der Waals surface area contributed by atoms with Crippen LogP contribution in [-0.2, 0) is 0 Å². The van der Waals surface area contributed by atoms with E-state index in [0.717, 1.165) is 0 Å². The highest BCUT2D eigenvalue weighted by molar-refractivity contribution is 6.67. The van der Waals surface area contributed by atoms with Crippen LogP contribution >= 0.6 is 0 Å². The van der Waals surface area contributed by atoms with Crippen LogP contribution < -0.4 is 17.9 Å². The summed E-state index contributed by atoms with van der Waals surface area (Å²) >= 11 is 0. The van der Waals surface area contributed by atoms with Gasteiger partial charge in [-0.05, 0) is 24.3 Å². The third-order valence-corrected chi connectivity index (χ3v) is 14.8. The van der Waals surface area contributed by atoms with E-state index in [2.05, 4.69) is 160 Å². The summed E-state index contributed by atoms with van der Waals surface area (Å²) < 4.78 is 20.1. The molecule has 0 unspecified atom stereocenters. The Morgan fingerprint density at radius 3 is 0.920 bits per heavy atom. The van der Waals surface area contributed by atoms with E-state index in [-0.39, 0.29) is 0 Å². The molecule has 0 saturated carbocycles. The van der Waals surface area contributed by atoms with Crippen LogP contribution in [0.3, 0.4) is 0 Å². The number of fused-ring (bicyclic) bond motifs is 16. The van der Waals surface area contributed by atoms with Crippen LogP contribution in [-0.4, -0.2) is 31.1 Å². The van der Waals surface area contributed by atoms with Crippen molar-refractivity contribution in [2.24, 2.45) is 0 Å². The lowest BCUT2D eigenvalue weighted by Gasteiger charge is -2.52. The van der Waals surface area contributed by atoms with Gasteiger partial charge in [0.05, 0.1) is 24.8 Å². The van der Waals surface area contributed by atoms with Crippen molar-refractivity contribution in [1.82, 2.24) is 18.3 Å². The molecule has 0 radical (unpaired) electrons. The van der Waals surface area contributed by atoms with E-state index in [1.165, 1.54) is 99.8 Å². The highest BCUT2D eigenvalue weighted by Gasteiger charge is 2.58. The highest BCUT2D eigenvalue weighted by atomic mass is 15.2. The molecule has 2 aromatic carbocycles. The summed E-state index contributed by atoms with van der Waals surface area (Å²) in [5.74, 6) is 2.66. The molecule has 4 saturated heterocycles. The van der Waals surface area contributed by atoms with Gasteiger partial charge in [0.2, 0.25) is 25.3 Å². The zero-order valence-electron chi connectivity index (χ0n) is 29.1. The summed E-state index contributed by atoms with van der Waals surface area (Å²) in [4.78, 5) is 0. The first-order valence-electron chi connectivity index (χ1n) is 19.6. The summed E-state index contributed by atoms with van der Waals surface area (Å²) in [6.45, 7) is 0. The fourth-order valence-electron chi connectivity index (χ4n) is 12.8. The van der Waals surface area contributed by atoms with Crippen molar-refractivity contribution in [1.29, 1.82) is 0 Å². The molecule has 50 heavy (non-hydrogen) atoms. The molecule has 0 amide bonds. The van der Waals surface area contributed by atoms with Crippen molar-refractivity contribution in [3.63, 3.8) is 0 Å². The molecule has 4 aromatic heterocycles. The van der Waals surface area contributed by atoms with E-state index in [1.807, 2.05) is 0 Å². The Morgan fingerprint density at radius 2 is 0.660 bits per heavy atom. The number of rotatable bonds is 0. The van der Waals surface area contributed by atoms with Crippen LogP contribution in [0.2, 0.25) is 23.3 Å². The molecule has 0 atom stereocenters. The lowest BCUT2D eigenvalue weighted by molar-refractivity contribution is -0.695. The lowest BCUT2D eigenvalue weighted by atomic mass is 9.24. The minimum atomic E-state index is -1.05. The van der Waals surface area contributed by atoms with Gasteiger partial charge in [0.15, 0.2) is 0 Å². The molecule has 5 aliphatic heterocycles. The van der Waals surface area contributed by atoms with Gasteiger partial charge in [0, 0.05) is 12.1 Å². The Balaban J connectivity index is 1.14. The van der Waals surface area contributed by atoms with Gasteiger partial charge in [-0.3, -0.25) is 0 Å². The quantitative estimate of drug-likeness (QED) is 0.174. The molecule has 9 heterocycles. The fourth-order valence-corrected chi connectivity index (χ4v) is 12.8. The molecule has 5 aliphatic rings. The van der Waals surface area contributed by atoms with E-state index in [0.29, 0.717) is 23.3 Å². The Bertz CT molecular complexity index is 1910. The molecular formula is C40H48B2N8+2. The fraction of sp³-hybridized carbons (Fsp3) is 0.400. The van der Waals surface area contributed by atoms with Crippen LogP contribution in [0, 0.1) is 0 Å². The van der Waals surface area contributed by atoms with Gasteiger partial charge in [0.25, 0.3) is 0 Å². The molecule has 2 spiro atoms. The zero-order valence-corrected chi connectivity index (χ0v) is 29.1. The average molecular weight is 663 g/mol. The maximum atomic E-state index is 2.65. The van der Waals surface area contributed by atoms with E-state index in [1.54, 1.807) is 0 Å². The van der Waals surface area contributed by atoms with Crippen LogP contribution in [0.1, 0.15) is 77.0 Å². The molecule has 4 fully saturated rings. The Morgan fingerprint density at radius 1 is 0.400 bits per heavy atom. The first kappa shape index (κ1) is 29.2. The molecule has 0 aliphatic carbocycles. The third kappa shape index (κ3) is 4.02. The van der Waals surface area contributed by atoms with E-state index in [9.17, 15) is 0 Å². The molecule has 10 heteroatoms. The van der Waals surface area contributed by atoms with Crippen molar-refractivity contribution in [2.75, 3.05) is 0 Å². The first-order valence-corrected chi connectivity index (χ1v) is 19.6. The Hall–Kier alpha value is -4.59. The molecule has 8 nitrogen and oxygen atoms in total. The molecule has 6 aromatic rings. The third-order valence-electron chi connectivity index (χ3n) is 14.8. The zero-order chi connectivity index (χ0) is 32.9. The minimum absolute atomic E-state index is 0.666. The monoisotopic (exact) mass is 662 g/mol. The maximum absolute atomic E-state index is 2.65. The first-order chi connectivity index (χ1) is 24.7. The van der Waals surface area contributed by atoms with Gasteiger partial charge < -0.3 is 17.9 Å². The maximum Gasteiger partial charge on any atom is 0.386 e. The molecule has 11 rings (SSSR count). The summed E-state index contributed by atoms with van der Waals surface area (Å²) in [5.41, 5.74) is 4.85. The SMILES string of the molecule is c1cc2cc(c1)-n1cc[n+](c1)[B-]1(C3CCCC1CCC3)[n+]1ccn(c1)-c1cccc(c1)-n1cc[n+](c1)[B-]1(C3CCCC1CCC3)[n+]1ccn-2c1. The summed E-state index contributed by atoms with van der Waals surface area (Å²) in [6, 6.07) is 18.3. The number of hydrogen-bond donors (Lipinski definition) is 0. The standard InChI is InChI=1S/C40H48B2N8/c1-7-33-9-2-10-34(8-1)41(33)47-23-19-43(29-47)37-15-5-17-39(27-37)45-21-25-49(31-45)42(35-11-3-12-36(42)14-4-13-35)50-26-22-46(32-50)40-18-6-16-38(28-40)44-20-24-48(41)30-44/h5-6,15-36H,1-4,7-14H2/q+2. The van der Waals surface area contributed by atoms with Crippen molar-refractivity contribution in [3.8, 4) is 22.7 Å².